The first-order chi connectivity index (χ1) is 5.29. The Labute approximate surface area is 76.6 Å². The van der Waals surface area contributed by atoms with Gasteiger partial charge in [0.1, 0.15) is 3.70 Å². The molecule has 0 unspecified atom stereocenters. The zero-order valence-corrected chi connectivity index (χ0v) is 7.69. The summed E-state index contributed by atoms with van der Waals surface area (Å²) < 4.78 is 2.93. The summed E-state index contributed by atoms with van der Waals surface area (Å²) in [4.78, 5) is 8.00. The van der Waals surface area contributed by atoms with E-state index in [4.69, 9.17) is 5.73 Å². The minimum atomic E-state index is 0.468. The van der Waals surface area contributed by atoms with E-state index in [1.54, 1.807) is 12.4 Å². The van der Waals surface area contributed by atoms with Crippen LogP contribution in [0, 0.1) is 3.70 Å². The van der Waals surface area contributed by atoms with Crippen LogP contribution in [0.1, 0.15) is 0 Å². The molecule has 0 aliphatic rings. The van der Waals surface area contributed by atoms with Crippen molar-refractivity contribution in [3.8, 4) is 0 Å². The summed E-state index contributed by atoms with van der Waals surface area (Å²) >= 11 is 2.19. The van der Waals surface area contributed by atoms with Crippen LogP contribution in [-0.2, 0) is 0 Å². The standard InChI is InChI=1S/C6H5IN4/c7-4-3-10-6-5(8)9-1-2-11(4)6/h1-3H,(H2,8,9). The molecule has 0 saturated carbocycles. The number of rotatable bonds is 0. The molecule has 2 rings (SSSR count). The summed E-state index contributed by atoms with van der Waals surface area (Å²) in [7, 11) is 0. The van der Waals surface area contributed by atoms with E-state index < -0.39 is 0 Å². The van der Waals surface area contributed by atoms with Gasteiger partial charge in [-0.1, -0.05) is 0 Å². The van der Waals surface area contributed by atoms with Crippen LogP contribution in [0.2, 0.25) is 0 Å². The van der Waals surface area contributed by atoms with Gasteiger partial charge in [-0.25, -0.2) is 9.97 Å². The maximum Gasteiger partial charge on any atom is 0.180 e. The Balaban J connectivity index is 2.94. The number of imidazole rings is 1. The number of nitrogens with two attached hydrogens (primary N) is 1. The second-order valence-electron chi connectivity index (χ2n) is 2.09. The van der Waals surface area contributed by atoms with Crippen LogP contribution < -0.4 is 5.73 Å². The number of hydrogen-bond donors (Lipinski definition) is 1. The lowest BCUT2D eigenvalue weighted by Gasteiger charge is -1.95. The van der Waals surface area contributed by atoms with E-state index in [0.29, 0.717) is 5.82 Å². The van der Waals surface area contributed by atoms with E-state index in [1.807, 2.05) is 10.6 Å². The Bertz CT molecular complexity index is 394. The van der Waals surface area contributed by atoms with Crippen molar-refractivity contribution in [3.05, 3.63) is 22.3 Å². The Morgan fingerprint density at radius 3 is 3.00 bits per heavy atom. The number of hydrogen-bond acceptors (Lipinski definition) is 3. The third kappa shape index (κ3) is 0.953. The molecule has 0 saturated heterocycles. The molecule has 0 aliphatic heterocycles. The van der Waals surface area contributed by atoms with Crippen molar-refractivity contribution < 1.29 is 0 Å². The number of aromatic nitrogens is 3. The first-order valence-corrected chi connectivity index (χ1v) is 4.10. The Morgan fingerprint density at radius 2 is 2.27 bits per heavy atom. The van der Waals surface area contributed by atoms with Gasteiger partial charge in [0, 0.05) is 12.4 Å². The summed E-state index contributed by atoms with van der Waals surface area (Å²) in [5, 5.41) is 0. The number of nitrogen functional groups attached to an aromatic ring is 1. The molecular formula is C6H5IN4. The molecule has 0 bridgehead atoms. The highest BCUT2D eigenvalue weighted by Crippen LogP contribution is 2.11. The molecular weight excluding hydrogens is 255 g/mol. The predicted molar refractivity (Wildman–Crippen MR) is 50.1 cm³/mol. The van der Waals surface area contributed by atoms with Gasteiger partial charge in [-0.05, 0) is 22.6 Å². The van der Waals surface area contributed by atoms with E-state index >= 15 is 0 Å². The maximum absolute atomic E-state index is 5.57. The van der Waals surface area contributed by atoms with Gasteiger partial charge in [0.2, 0.25) is 0 Å². The van der Waals surface area contributed by atoms with Crippen molar-refractivity contribution in [1.82, 2.24) is 14.4 Å². The molecule has 2 aromatic rings. The third-order valence-corrected chi connectivity index (χ3v) is 2.21. The van der Waals surface area contributed by atoms with Gasteiger partial charge in [-0.2, -0.15) is 0 Å². The Kier molecular flexibility index (Phi) is 1.45. The predicted octanol–water partition coefficient (Wildman–Crippen LogP) is 0.916. The molecule has 5 heteroatoms. The van der Waals surface area contributed by atoms with Gasteiger partial charge >= 0.3 is 0 Å². The minimum absolute atomic E-state index is 0.468. The van der Waals surface area contributed by atoms with Crippen molar-refractivity contribution in [2.24, 2.45) is 0 Å². The fourth-order valence-electron chi connectivity index (χ4n) is 0.909. The molecule has 2 N–H and O–H groups in total. The number of halogens is 1. The molecule has 0 atom stereocenters. The van der Waals surface area contributed by atoms with E-state index in [0.717, 1.165) is 9.35 Å². The average Bonchev–Trinajstić information content (AvgIpc) is 2.35. The minimum Gasteiger partial charge on any atom is -0.381 e. The second kappa shape index (κ2) is 2.33. The van der Waals surface area contributed by atoms with Crippen molar-refractivity contribution in [1.29, 1.82) is 0 Å². The first-order valence-electron chi connectivity index (χ1n) is 3.02. The number of nitrogens with zero attached hydrogens (tertiary/aromatic N) is 3. The van der Waals surface area contributed by atoms with Gasteiger partial charge < -0.3 is 5.73 Å². The van der Waals surface area contributed by atoms with E-state index in [2.05, 4.69) is 32.6 Å². The zero-order chi connectivity index (χ0) is 7.84. The normalized spacial score (nSPS) is 10.6. The Hall–Kier alpha value is -0.850. The SMILES string of the molecule is Nc1nccn2c(I)cnc12. The van der Waals surface area contributed by atoms with E-state index in [-0.39, 0.29) is 0 Å². The maximum atomic E-state index is 5.57. The third-order valence-electron chi connectivity index (χ3n) is 1.41. The first kappa shape index (κ1) is 6.84. The average molecular weight is 260 g/mol. The van der Waals surface area contributed by atoms with Gasteiger partial charge in [-0.15, -0.1) is 0 Å². The van der Waals surface area contributed by atoms with Crippen LogP contribution >= 0.6 is 22.6 Å². The quantitative estimate of drug-likeness (QED) is 0.716. The van der Waals surface area contributed by atoms with Crippen molar-refractivity contribution in [3.63, 3.8) is 0 Å². The highest BCUT2D eigenvalue weighted by Gasteiger charge is 2.01. The van der Waals surface area contributed by atoms with Gasteiger partial charge in [0.25, 0.3) is 0 Å². The highest BCUT2D eigenvalue weighted by molar-refractivity contribution is 14.1. The molecule has 2 aromatic heterocycles. The van der Waals surface area contributed by atoms with Gasteiger partial charge in [0.05, 0.1) is 6.20 Å². The van der Waals surface area contributed by atoms with Crippen molar-refractivity contribution >= 4 is 34.1 Å². The molecule has 2 heterocycles. The summed E-state index contributed by atoms with van der Waals surface area (Å²) in [6, 6.07) is 0. The Morgan fingerprint density at radius 1 is 1.45 bits per heavy atom. The number of fused-ring (bicyclic) bond motifs is 1. The van der Waals surface area contributed by atoms with Gasteiger partial charge in [0.15, 0.2) is 11.5 Å². The molecule has 0 aromatic carbocycles. The molecule has 0 amide bonds. The summed E-state index contributed by atoms with van der Waals surface area (Å²) in [6.45, 7) is 0. The number of anilines is 1. The summed E-state index contributed by atoms with van der Waals surface area (Å²) in [6.07, 6.45) is 5.25. The zero-order valence-electron chi connectivity index (χ0n) is 5.53. The van der Waals surface area contributed by atoms with Gasteiger partial charge in [-0.3, -0.25) is 4.40 Å². The fourth-order valence-corrected chi connectivity index (χ4v) is 1.44. The topological polar surface area (TPSA) is 56.2 Å². The highest BCUT2D eigenvalue weighted by atomic mass is 127. The summed E-state index contributed by atoms with van der Waals surface area (Å²) in [5.41, 5.74) is 6.29. The molecule has 0 aliphatic carbocycles. The molecule has 0 radical (unpaired) electrons. The lowest BCUT2D eigenvalue weighted by molar-refractivity contribution is 1.11. The van der Waals surface area contributed by atoms with E-state index in [1.165, 1.54) is 0 Å². The van der Waals surface area contributed by atoms with Crippen LogP contribution in [0.3, 0.4) is 0 Å². The van der Waals surface area contributed by atoms with Crippen molar-refractivity contribution in [2.45, 2.75) is 0 Å². The smallest absolute Gasteiger partial charge is 0.180 e. The second-order valence-corrected chi connectivity index (χ2v) is 3.19. The van der Waals surface area contributed by atoms with Crippen LogP contribution in [0.5, 0.6) is 0 Å². The lowest BCUT2D eigenvalue weighted by atomic mass is 10.6. The monoisotopic (exact) mass is 260 g/mol. The van der Waals surface area contributed by atoms with Crippen molar-refractivity contribution in [2.75, 3.05) is 5.73 Å². The lowest BCUT2D eigenvalue weighted by Crippen LogP contribution is -1.95. The van der Waals surface area contributed by atoms with E-state index in [9.17, 15) is 0 Å². The molecule has 4 nitrogen and oxygen atoms in total. The molecule has 0 fully saturated rings. The molecule has 11 heavy (non-hydrogen) atoms. The van der Waals surface area contributed by atoms with Crippen LogP contribution in [0.15, 0.2) is 18.6 Å². The molecule has 56 valence electrons. The fraction of sp³-hybridized carbons (Fsp3) is 0. The largest absolute Gasteiger partial charge is 0.381 e. The van der Waals surface area contributed by atoms with Crippen LogP contribution in [0.25, 0.3) is 5.65 Å². The summed E-state index contributed by atoms with van der Waals surface area (Å²) in [5.74, 6) is 0.468. The van der Waals surface area contributed by atoms with Crippen LogP contribution in [-0.4, -0.2) is 14.4 Å². The van der Waals surface area contributed by atoms with Crippen LogP contribution in [0.4, 0.5) is 5.82 Å². The molecule has 0 spiro atoms.